The normalized spacial score (nSPS) is 10.5. The molecule has 0 saturated carbocycles. The van der Waals surface area contributed by atoms with Gasteiger partial charge in [0.05, 0.1) is 0 Å². The van der Waals surface area contributed by atoms with Crippen LogP contribution in [0.25, 0.3) is 0 Å². The lowest BCUT2D eigenvalue weighted by molar-refractivity contribution is -0.134. The van der Waals surface area contributed by atoms with E-state index in [1.165, 1.54) is 11.1 Å². The van der Waals surface area contributed by atoms with Gasteiger partial charge in [0.25, 0.3) is 0 Å². The molecule has 4 heteroatoms. The Balaban J connectivity index is 2.21. The molecule has 0 radical (unpaired) electrons. The van der Waals surface area contributed by atoms with Crippen molar-refractivity contribution in [3.63, 3.8) is 0 Å². The zero-order valence-corrected chi connectivity index (χ0v) is 16.6. The van der Waals surface area contributed by atoms with E-state index >= 15 is 0 Å². The molecule has 0 N–H and O–H groups in total. The Morgan fingerprint density at radius 2 is 1.83 bits per heavy atom. The quantitative estimate of drug-likeness (QED) is 0.334. The molecule has 2 aromatic rings. The monoisotopic (exact) mass is 438 g/mol. The lowest BCUT2D eigenvalue weighted by Gasteiger charge is -2.15. The third kappa shape index (κ3) is 4.72. The summed E-state index contributed by atoms with van der Waals surface area (Å²) in [6, 6.07) is 12.0. The highest BCUT2D eigenvalue weighted by Crippen LogP contribution is 2.28. The summed E-state index contributed by atoms with van der Waals surface area (Å²) in [6.45, 7) is 6.44. The van der Waals surface area contributed by atoms with Gasteiger partial charge in [-0.25, -0.2) is 0 Å². The number of ether oxygens (including phenoxy) is 2. The predicted octanol–water partition coefficient (Wildman–Crippen LogP) is 5.31. The first kappa shape index (κ1) is 18.8. The molecular weight excluding hydrogens is 415 g/mol. The van der Waals surface area contributed by atoms with Crippen molar-refractivity contribution in [2.45, 2.75) is 46.6 Å². The lowest BCUT2D eigenvalue weighted by atomic mass is 10.1. The molecule has 0 aliphatic rings. The number of carbonyl (C=O) groups excluding carboxylic acids is 1. The van der Waals surface area contributed by atoms with Crippen molar-refractivity contribution in [1.82, 2.24) is 0 Å². The second kappa shape index (κ2) is 9.06. The molecule has 3 nitrogen and oxygen atoms in total. The molecule has 0 bridgehead atoms. The third-order valence-corrected chi connectivity index (χ3v) is 4.89. The standard InChI is InChI=1S/C20H23IO3/c1-4-14-10-11-18(15(5-2)12-14)23-13-16-17(21)8-7-9-19(16)24-20(22)6-3/h7-12H,4-6,13H2,1-3H3. The molecule has 0 aliphatic carbocycles. The molecule has 24 heavy (non-hydrogen) atoms. The van der Waals surface area contributed by atoms with E-state index in [2.05, 4.69) is 48.6 Å². The average Bonchev–Trinajstić information content (AvgIpc) is 2.61. The van der Waals surface area contributed by atoms with Crippen molar-refractivity contribution in [3.8, 4) is 11.5 Å². The summed E-state index contributed by atoms with van der Waals surface area (Å²) in [5, 5.41) is 0. The van der Waals surface area contributed by atoms with E-state index in [-0.39, 0.29) is 5.97 Å². The summed E-state index contributed by atoms with van der Waals surface area (Å²) < 4.78 is 12.5. The van der Waals surface area contributed by atoms with Gasteiger partial charge < -0.3 is 9.47 Å². The zero-order valence-electron chi connectivity index (χ0n) is 14.4. The summed E-state index contributed by atoms with van der Waals surface area (Å²) in [4.78, 5) is 11.6. The molecule has 0 aliphatic heterocycles. The van der Waals surface area contributed by atoms with Gasteiger partial charge in [0.2, 0.25) is 0 Å². The Labute approximate surface area is 157 Å². The van der Waals surface area contributed by atoms with E-state index in [9.17, 15) is 4.79 Å². The Morgan fingerprint density at radius 3 is 2.50 bits per heavy atom. The van der Waals surface area contributed by atoms with E-state index in [4.69, 9.17) is 9.47 Å². The van der Waals surface area contributed by atoms with Crippen LogP contribution in [0, 0.1) is 3.57 Å². The van der Waals surface area contributed by atoms with Crippen LogP contribution in [0.4, 0.5) is 0 Å². The summed E-state index contributed by atoms with van der Waals surface area (Å²) in [7, 11) is 0. The van der Waals surface area contributed by atoms with Gasteiger partial charge in [0.15, 0.2) is 0 Å². The molecule has 2 aromatic carbocycles. The summed E-state index contributed by atoms with van der Waals surface area (Å²) >= 11 is 2.25. The number of halogens is 1. The van der Waals surface area contributed by atoms with Gasteiger partial charge in [-0.1, -0.05) is 39.0 Å². The number of aryl methyl sites for hydroxylation is 2. The highest BCUT2D eigenvalue weighted by Gasteiger charge is 2.13. The van der Waals surface area contributed by atoms with Crippen LogP contribution >= 0.6 is 22.6 Å². The topological polar surface area (TPSA) is 35.5 Å². The van der Waals surface area contributed by atoms with E-state index in [1.54, 1.807) is 6.92 Å². The summed E-state index contributed by atoms with van der Waals surface area (Å²) in [6.07, 6.45) is 2.29. The van der Waals surface area contributed by atoms with Crippen LogP contribution in [0.5, 0.6) is 11.5 Å². The van der Waals surface area contributed by atoms with Crippen LogP contribution < -0.4 is 9.47 Å². The van der Waals surface area contributed by atoms with E-state index in [0.717, 1.165) is 27.7 Å². The Morgan fingerprint density at radius 1 is 1.04 bits per heavy atom. The number of rotatable bonds is 7. The van der Waals surface area contributed by atoms with Crippen LogP contribution in [0.1, 0.15) is 43.9 Å². The van der Waals surface area contributed by atoms with Gasteiger partial charge in [0, 0.05) is 15.6 Å². The van der Waals surface area contributed by atoms with Gasteiger partial charge in [-0.3, -0.25) is 4.79 Å². The van der Waals surface area contributed by atoms with Crippen molar-refractivity contribution in [3.05, 3.63) is 56.7 Å². The molecule has 0 fully saturated rings. The maximum Gasteiger partial charge on any atom is 0.310 e. The van der Waals surface area contributed by atoms with Crippen molar-refractivity contribution < 1.29 is 14.3 Å². The van der Waals surface area contributed by atoms with Gasteiger partial charge >= 0.3 is 5.97 Å². The first-order valence-electron chi connectivity index (χ1n) is 8.31. The van der Waals surface area contributed by atoms with Crippen LogP contribution in [0.2, 0.25) is 0 Å². The molecule has 0 atom stereocenters. The van der Waals surface area contributed by atoms with Crippen molar-refractivity contribution in [1.29, 1.82) is 0 Å². The van der Waals surface area contributed by atoms with Crippen LogP contribution in [0.15, 0.2) is 36.4 Å². The Bertz CT molecular complexity index is 710. The minimum atomic E-state index is -0.236. The van der Waals surface area contributed by atoms with Crippen molar-refractivity contribution in [2.24, 2.45) is 0 Å². The Hall–Kier alpha value is -1.56. The molecule has 2 rings (SSSR count). The smallest absolute Gasteiger partial charge is 0.310 e. The van der Waals surface area contributed by atoms with Gasteiger partial charge in [0.1, 0.15) is 18.1 Å². The highest BCUT2D eigenvalue weighted by atomic mass is 127. The lowest BCUT2D eigenvalue weighted by Crippen LogP contribution is -2.10. The number of carbonyl (C=O) groups is 1. The molecule has 0 heterocycles. The molecular formula is C20H23IO3. The SMILES string of the molecule is CCC(=O)Oc1cccc(I)c1COc1ccc(CC)cc1CC. The van der Waals surface area contributed by atoms with Gasteiger partial charge in [-0.15, -0.1) is 0 Å². The fraction of sp³-hybridized carbons (Fsp3) is 0.350. The number of hydrogen-bond acceptors (Lipinski definition) is 3. The van der Waals surface area contributed by atoms with Gasteiger partial charge in [-0.05, 0) is 64.8 Å². The Kier molecular flexibility index (Phi) is 7.09. The first-order chi connectivity index (χ1) is 11.6. The number of hydrogen-bond donors (Lipinski definition) is 0. The van der Waals surface area contributed by atoms with Crippen LogP contribution in [-0.2, 0) is 24.2 Å². The molecule has 128 valence electrons. The maximum absolute atomic E-state index is 11.6. The molecule has 0 spiro atoms. The summed E-state index contributed by atoms with van der Waals surface area (Å²) in [5.41, 5.74) is 3.42. The second-order valence-electron chi connectivity index (χ2n) is 5.48. The number of esters is 1. The van der Waals surface area contributed by atoms with E-state index in [1.807, 2.05) is 24.3 Å². The van der Waals surface area contributed by atoms with Crippen LogP contribution in [0.3, 0.4) is 0 Å². The van der Waals surface area contributed by atoms with E-state index < -0.39 is 0 Å². The zero-order chi connectivity index (χ0) is 17.5. The minimum Gasteiger partial charge on any atom is -0.488 e. The average molecular weight is 438 g/mol. The first-order valence-corrected chi connectivity index (χ1v) is 9.39. The molecule has 0 saturated heterocycles. The highest BCUT2D eigenvalue weighted by molar-refractivity contribution is 14.1. The maximum atomic E-state index is 11.6. The molecule has 0 aromatic heterocycles. The van der Waals surface area contributed by atoms with Crippen LogP contribution in [-0.4, -0.2) is 5.97 Å². The van der Waals surface area contributed by atoms with Crippen molar-refractivity contribution in [2.75, 3.05) is 0 Å². The fourth-order valence-corrected chi connectivity index (χ4v) is 3.02. The minimum absolute atomic E-state index is 0.236. The second-order valence-corrected chi connectivity index (χ2v) is 6.64. The molecule has 0 unspecified atom stereocenters. The van der Waals surface area contributed by atoms with E-state index in [0.29, 0.717) is 18.8 Å². The summed E-state index contributed by atoms with van der Waals surface area (Å²) in [5.74, 6) is 1.24. The van der Waals surface area contributed by atoms with Crippen molar-refractivity contribution >= 4 is 28.6 Å². The third-order valence-electron chi connectivity index (χ3n) is 3.87. The largest absolute Gasteiger partial charge is 0.488 e. The molecule has 0 amide bonds. The fourth-order valence-electron chi connectivity index (χ4n) is 2.39. The predicted molar refractivity (Wildman–Crippen MR) is 105 cm³/mol. The van der Waals surface area contributed by atoms with Gasteiger partial charge in [-0.2, -0.15) is 0 Å². The number of benzene rings is 2.